The van der Waals surface area contributed by atoms with Crippen LogP contribution in [-0.4, -0.2) is 18.4 Å². The van der Waals surface area contributed by atoms with Gasteiger partial charge in [0.15, 0.2) is 8.32 Å². The van der Waals surface area contributed by atoms with E-state index >= 15 is 0 Å². The van der Waals surface area contributed by atoms with Gasteiger partial charge in [0, 0.05) is 25.3 Å². The van der Waals surface area contributed by atoms with Crippen LogP contribution in [0.1, 0.15) is 105 Å². The first-order chi connectivity index (χ1) is 15.7. The van der Waals surface area contributed by atoms with Crippen molar-refractivity contribution in [1.82, 2.24) is 4.98 Å². The second kappa shape index (κ2) is 9.67. The van der Waals surface area contributed by atoms with Gasteiger partial charge in [0.25, 0.3) is 0 Å². The van der Waals surface area contributed by atoms with E-state index in [0.717, 1.165) is 39.4 Å². The van der Waals surface area contributed by atoms with Crippen molar-refractivity contribution in [3.05, 3.63) is 48.0 Å². The van der Waals surface area contributed by atoms with E-state index in [4.69, 9.17) is 9.41 Å². The predicted octanol–water partition coefficient (Wildman–Crippen LogP) is 9.01. The van der Waals surface area contributed by atoms with Crippen molar-refractivity contribution in [3.63, 3.8) is 0 Å². The maximum Gasteiger partial charge on any atom is 0.425 e. The lowest BCUT2D eigenvalue weighted by molar-refractivity contribution is -0.134. The van der Waals surface area contributed by atoms with E-state index < -0.39 is 25.5 Å². The van der Waals surface area contributed by atoms with Gasteiger partial charge in [-0.25, -0.2) is 0 Å². The molecule has 0 saturated heterocycles. The molecule has 0 fully saturated rings. The van der Waals surface area contributed by atoms with Crippen molar-refractivity contribution < 1.29 is 22.7 Å². The zero-order valence-electron chi connectivity index (χ0n) is 22.0. The summed E-state index contributed by atoms with van der Waals surface area (Å²) in [5.41, 5.74) is 3.33. The molecule has 2 aromatic rings. The molecule has 0 amide bonds. The fourth-order valence-corrected chi connectivity index (χ4v) is 7.74. The number of aromatic nitrogens is 1. The van der Waals surface area contributed by atoms with Crippen LogP contribution in [0.3, 0.4) is 0 Å². The van der Waals surface area contributed by atoms with Crippen LogP contribution in [0.25, 0.3) is 0 Å². The van der Waals surface area contributed by atoms with E-state index in [9.17, 15) is 18.3 Å². The quantitative estimate of drug-likeness (QED) is 0.262. The van der Waals surface area contributed by atoms with E-state index in [-0.39, 0.29) is 27.4 Å². The fraction of sp³-hybridized carbons (Fsp3) is 0.654. The molecule has 35 heavy (non-hydrogen) atoms. The highest BCUT2D eigenvalue weighted by molar-refractivity contribution is 14.1. The molecule has 1 unspecified atom stereocenters. The summed E-state index contributed by atoms with van der Waals surface area (Å²) in [5, 5.41) is 11.4. The van der Waals surface area contributed by atoms with Crippen LogP contribution in [0, 0.1) is 8.99 Å². The van der Waals surface area contributed by atoms with Crippen molar-refractivity contribution in [2.24, 2.45) is 5.41 Å². The lowest BCUT2D eigenvalue weighted by Gasteiger charge is -2.44. The Morgan fingerprint density at radius 1 is 1.20 bits per heavy atom. The van der Waals surface area contributed by atoms with Gasteiger partial charge in [0.2, 0.25) is 0 Å². The molecule has 2 aromatic heterocycles. The molecule has 3 nitrogen and oxygen atoms in total. The van der Waals surface area contributed by atoms with Gasteiger partial charge in [-0.15, -0.1) is 11.3 Å². The van der Waals surface area contributed by atoms with Crippen LogP contribution in [0.2, 0.25) is 18.1 Å². The minimum Gasteiger partial charge on any atom is -0.410 e. The third-order valence-corrected chi connectivity index (χ3v) is 14.1. The first-order valence-corrected chi connectivity index (χ1v) is 16.8. The van der Waals surface area contributed by atoms with E-state index in [2.05, 4.69) is 70.3 Å². The summed E-state index contributed by atoms with van der Waals surface area (Å²) in [4.78, 5) is 4.63. The number of hydrogen-bond acceptors (Lipinski definition) is 4. The Labute approximate surface area is 226 Å². The Hall–Kier alpha value is -0.493. The second-order valence-corrected chi connectivity index (χ2v) is 19.2. The zero-order valence-corrected chi connectivity index (χ0v) is 26.0. The third-order valence-electron chi connectivity index (χ3n) is 7.26. The maximum absolute atomic E-state index is 13.3. The topological polar surface area (TPSA) is 42.4 Å². The monoisotopic (exact) mass is 639 g/mol. The summed E-state index contributed by atoms with van der Waals surface area (Å²) in [7, 11) is -2.12. The number of aliphatic hydroxyl groups excluding tert-OH is 1. The van der Waals surface area contributed by atoms with Gasteiger partial charge in [-0.05, 0) is 77.0 Å². The van der Waals surface area contributed by atoms with E-state index in [1.54, 1.807) is 0 Å². The van der Waals surface area contributed by atoms with Crippen LogP contribution in [0.5, 0.6) is 0 Å². The first kappa shape index (κ1) is 29.1. The Morgan fingerprint density at radius 2 is 1.80 bits per heavy atom. The van der Waals surface area contributed by atoms with Crippen molar-refractivity contribution in [1.29, 1.82) is 0 Å². The van der Waals surface area contributed by atoms with E-state index in [1.807, 2.05) is 13.8 Å². The molecule has 1 aliphatic carbocycles. The number of alkyl halides is 3. The molecule has 2 heterocycles. The van der Waals surface area contributed by atoms with Crippen LogP contribution in [0.4, 0.5) is 13.2 Å². The normalized spacial score (nSPS) is 19.7. The Kier molecular flexibility index (Phi) is 8.03. The van der Waals surface area contributed by atoms with Crippen molar-refractivity contribution >= 4 is 42.2 Å². The van der Waals surface area contributed by atoms with Gasteiger partial charge < -0.3 is 9.53 Å². The SMILES string of the molecule is CC(C)c1nc2c(c(I)c1C(O)c1ccc(C(F)(F)F)s1)[C@@H](O[Si](C)(C)C(C)(C)C)CC(C)(C)C2. The Bertz CT molecular complexity index is 1090. The summed E-state index contributed by atoms with van der Waals surface area (Å²) in [6.07, 6.45) is -4.16. The molecule has 0 aliphatic heterocycles. The second-order valence-electron chi connectivity index (χ2n) is 12.3. The molecule has 196 valence electrons. The van der Waals surface area contributed by atoms with Gasteiger partial charge in [-0.2, -0.15) is 13.2 Å². The summed E-state index contributed by atoms with van der Waals surface area (Å²) in [6, 6.07) is 2.42. The van der Waals surface area contributed by atoms with E-state index in [0.29, 0.717) is 16.9 Å². The molecule has 1 aliphatic rings. The molecule has 0 spiro atoms. The Morgan fingerprint density at radius 3 is 2.29 bits per heavy atom. The summed E-state index contributed by atoms with van der Waals surface area (Å²) >= 11 is 2.86. The minimum absolute atomic E-state index is 0.000144. The smallest absolute Gasteiger partial charge is 0.410 e. The highest BCUT2D eigenvalue weighted by Crippen LogP contribution is 2.50. The van der Waals surface area contributed by atoms with Crippen molar-refractivity contribution in [3.8, 4) is 0 Å². The van der Waals surface area contributed by atoms with Crippen LogP contribution >= 0.6 is 33.9 Å². The number of aliphatic hydroxyl groups is 1. The largest absolute Gasteiger partial charge is 0.425 e. The number of halogens is 4. The molecule has 2 atom stereocenters. The summed E-state index contributed by atoms with van der Waals surface area (Å²) < 4.78 is 47.6. The third kappa shape index (κ3) is 5.99. The minimum atomic E-state index is -4.43. The average Bonchev–Trinajstić information content (AvgIpc) is 3.15. The number of nitrogens with zero attached hydrogens (tertiary/aromatic N) is 1. The fourth-order valence-electron chi connectivity index (χ4n) is 4.37. The van der Waals surface area contributed by atoms with Gasteiger partial charge in [-0.3, -0.25) is 4.98 Å². The van der Waals surface area contributed by atoms with Gasteiger partial charge >= 0.3 is 6.18 Å². The molecule has 0 saturated carbocycles. The number of fused-ring (bicyclic) bond motifs is 1. The van der Waals surface area contributed by atoms with Crippen molar-refractivity contribution in [2.45, 2.75) is 104 Å². The molecule has 3 rings (SSSR count). The highest BCUT2D eigenvalue weighted by atomic mass is 127. The molecule has 0 bridgehead atoms. The van der Waals surface area contributed by atoms with Gasteiger partial charge in [0.05, 0.1) is 11.8 Å². The summed E-state index contributed by atoms with van der Waals surface area (Å²) in [6.45, 7) is 19.6. The lowest BCUT2D eigenvalue weighted by Crippen LogP contribution is -2.44. The number of rotatable bonds is 5. The standard InChI is InChI=1S/C26H37F3INO2SSi/c1-14(2)22-20(23(32)17-10-11-18(34-17)26(27,28)29)21(30)19-15(31-22)12-25(6,7)13-16(19)33-35(8,9)24(3,4)5/h10-11,14,16,23,32H,12-13H2,1-9H3/t16-,23?/m0/s1. The zero-order chi connectivity index (χ0) is 26.7. The molecule has 0 aromatic carbocycles. The molecular weight excluding hydrogens is 602 g/mol. The number of thiophene rings is 1. The molecular formula is C26H37F3INO2SSi. The summed E-state index contributed by atoms with van der Waals surface area (Å²) in [5.74, 6) is 0.00492. The average molecular weight is 640 g/mol. The lowest BCUT2D eigenvalue weighted by atomic mass is 9.74. The molecule has 0 radical (unpaired) electrons. The van der Waals surface area contributed by atoms with Crippen LogP contribution < -0.4 is 0 Å². The van der Waals surface area contributed by atoms with Gasteiger partial charge in [0.1, 0.15) is 11.0 Å². The van der Waals surface area contributed by atoms with Crippen molar-refractivity contribution in [2.75, 3.05) is 0 Å². The highest BCUT2D eigenvalue weighted by Gasteiger charge is 2.44. The first-order valence-electron chi connectivity index (χ1n) is 12.0. The predicted molar refractivity (Wildman–Crippen MR) is 148 cm³/mol. The number of pyridine rings is 1. The molecule has 9 heteroatoms. The molecule has 1 N–H and O–H groups in total. The van der Waals surface area contributed by atoms with Crippen LogP contribution in [0.15, 0.2) is 12.1 Å². The Balaban J connectivity index is 2.20. The van der Waals surface area contributed by atoms with Gasteiger partial charge in [-0.1, -0.05) is 48.5 Å². The van der Waals surface area contributed by atoms with Crippen LogP contribution in [-0.2, 0) is 17.0 Å². The van der Waals surface area contributed by atoms with E-state index in [1.165, 1.54) is 6.07 Å². The number of hydrogen-bond donors (Lipinski definition) is 1. The maximum atomic E-state index is 13.3.